The SMILES string of the molecule is CC1SCCN(C(=O)C(/C(N)=N/O)c2ccccc2)C1C. The van der Waals surface area contributed by atoms with Crippen LogP contribution in [-0.2, 0) is 4.79 Å². The number of benzene rings is 1. The summed E-state index contributed by atoms with van der Waals surface area (Å²) in [6, 6.07) is 9.35. The molecule has 6 heteroatoms. The van der Waals surface area contributed by atoms with E-state index in [1.54, 1.807) is 0 Å². The lowest BCUT2D eigenvalue weighted by Gasteiger charge is -2.39. The average Bonchev–Trinajstić information content (AvgIpc) is 2.51. The van der Waals surface area contributed by atoms with Crippen LogP contribution in [0.25, 0.3) is 0 Å². The third-order valence-electron chi connectivity index (χ3n) is 3.96. The molecule has 0 radical (unpaired) electrons. The summed E-state index contributed by atoms with van der Waals surface area (Å²) < 4.78 is 0. The van der Waals surface area contributed by atoms with Crippen molar-refractivity contribution in [3.05, 3.63) is 35.9 Å². The van der Waals surface area contributed by atoms with Gasteiger partial charge in [0, 0.05) is 23.6 Å². The van der Waals surface area contributed by atoms with Gasteiger partial charge in [0.05, 0.1) is 0 Å². The maximum absolute atomic E-state index is 12.9. The Morgan fingerprint density at radius 3 is 2.71 bits per heavy atom. The van der Waals surface area contributed by atoms with Gasteiger partial charge < -0.3 is 15.8 Å². The number of oxime groups is 1. The minimum atomic E-state index is -0.728. The van der Waals surface area contributed by atoms with E-state index in [0.717, 1.165) is 11.3 Å². The van der Waals surface area contributed by atoms with Crippen molar-refractivity contribution in [3.8, 4) is 0 Å². The first-order chi connectivity index (χ1) is 10.1. The van der Waals surface area contributed by atoms with E-state index in [2.05, 4.69) is 12.1 Å². The summed E-state index contributed by atoms with van der Waals surface area (Å²) in [6.45, 7) is 4.86. The Hall–Kier alpha value is -1.69. The molecular formula is C15H21N3O2S. The van der Waals surface area contributed by atoms with Gasteiger partial charge in [-0.15, -0.1) is 0 Å². The molecule has 1 aliphatic heterocycles. The Balaban J connectivity index is 2.31. The molecule has 3 N–H and O–H groups in total. The van der Waals surface area contributed by atoms with Gasteiger partial charge >= 0.3 is 0 Å². The molecule has 0 bridgehead atoms. The highest BCUT2D eigenvalue weighted by Crippen LogP contribution is 2.28. The van der Waals surface area contributed by atoms with Crippen molar-refractivity contribution < 1.29 is 10.0 Å². The fourth-order valence-corrected chi connectivity index (χ4v) is 3.65. The molecule has 114 valence electrons. The van der Waals surface area contributed by atoms with E-state index in [4.69, 9.17) is 10.9 Å². The second kappa shape index (κ2) is 6.85. The Kier molecular flexibility index (Phi) is 5.12. The van der Waals surface area contributed by atoms with Crippen LogP contribution in [-0.4, -0.2) is 45.4 Å². The predicted octanol–water partition coefficient (Wildman–Crippen LogP) is 1.87. The highest BCUT2D eigenvalue weighted by Gasteiger charge is 2.35. The molecule has 3 unspecified atom stereocenters. The molecule has 1 aromatic rings. The second-order valence-corrected chi connectivity index (χ2v) is 6.70. The van der Waals surface area contributed by atoms with E-state index in [9.17, 15) is 4.79 Å². The summed E-state index contributed by atoms with van der Waals surface area (Å²) in [4.78, 5) is 14.7. The third kappa shape index (κ3) is 3.32. The highest BCUT2D eigenvalue weighted by atomic mass is 32.2. The minimum Gasteiger partial charge on any atom is -0.409 e. The molecule has 0 saturated carbocycles. The molecule has 0 spiro atoms. The third-order valence-corrected chi connectivity index (χ3v) is 5.30. The molecule has 21 heavy (non-hydrogen) atoms. The molecule has 2 rings (SSSR count). The van der Waals surface area contributed by atoms with Crippen LogP contribution < -0.4 is 5.73 Å². The van der Waals surface area contributed by atoms with E-state index in [0.29, 0.717) is 11.8 Å². The molecule has 0 aliphatic carbocycles. The standard InChI is InChI=1S/C15H21N3O2S/c1-10-11(2)21-9-8-18(10)15(19)13(14(16)17-20)12-6-4-3-5-7-12/h3-7,10-11,13,20H,8-9H2,1-2H3,(H2,16,17). The summed E-state index contributed by atoms with van der Waals surface area (Å²) in [5.74, 6) is 0.0175. The Labute approximate surface area is 129 Å². The molecule has 5 nitrogen and oxygen atoms in total. The van der Waals surface area contributed by atoms with Gasteiger partial charge in [-0.05, 0) is 12.5 Å². The van der Waals surface area contributed by atoms with E-state index < -0.39 is 5.92 Å². The number of rotatable bonds is 3. The zero-order valence-electron chi connectivity index (χ0n) is 12.3. The largest absolute Gasteiger partial charge is 0.409 e. The van der Waals surface area contributed by atoms with Gasteiger partial charge in [-0.1, -0.05) is 42.4 Å². The van der Waals surface area contributed by atoms with Gasteiger partial charge in [-0.25, -0.2) is 0 Å². The van der Waals surface area contributed by atoms with Crippen molar-refractivity contribution in [2.45, 2.75) is 31.1 Å². The summed E-state index contributed by atoms with van der Waals surface area (Å²) >= 11 is 1.86. The Morgan fingerprint density at radius 2 is 2.10 bits per heavy atom. The molecule has 1 aliphatic rings. The minimum absolute atomic E-state index is 0.0655. The summed E-state index contributed by atoms with van der Waals surface area (Å²) in [7, 11) is 0. The van der Waals surface area contributed by atoms with Crippen molar-refractivity contribution in [1.82, 2.24) is 4.90 Å². The number of thioether (sulfide) groups is 1. The van der Waals surface area contributed by atoms with Gasteiger partial charge in [-0.2, -0.15) is 11.8 Å². The molecule has 1 saturated heterocycles. The van der Waals surface area contributed by atoms with Gasteiger partial charge in [0.15, 0.2) is 5.84 Å². The number of carbonyl (C=O) groups excluding carboxylic acids is 1. The monoisotopic (exact) mass is 307 g/mol. The fraction of sp³-hybridized carbons (Fsp3) is 0.467. The quantitative estimate of drug-likeness (QED) is 0.387. The van der Waals surface area contributed by atoms with E-state index in [1.807, 2.05) is 53.9 Å². The predicted molar refractivity (Wildman–Crippen MR) is 85.7 cm³/mol. The van der Waals surface area contributed by atoms with Crippen molar-refractivity contribution in [3.63, 3.8) is 0 Å². The number of amidine groups is 1. The smallest absolute Gasteiger partial charge is 0.238 e. The van der Waals surface area contributed by atoms with Gasteiger partial charge in [0.2, 0.25) is 5.91 Å². The van der Waals surface area contributed by atoms with Crippen LogP contribution in [0.4, 0.5) is 0 Å². The topological polar surface area (TPSA) is 78.9 Å². The van der Waals surface area contributed by atoms with Crippen molar-refractivity contribution in [2.75, 3.05) is 12.3 Å². The fourth-order valence-electron chi connectivity index (χ4n) is 2.55. The second-order valence-electron chi connectivity index (χ2n) is 5.22. The maximum atomic E-state index is 12.9. The summed E-state index contributed by atoms with van der Waals surface area (Å²) in [6.07, 6.45) is 0. The van der Waals surface area contributed by atoms with Crippen molar-refractivity contribution in [1.29, 1.82) is 0 Å². The van der Waals surface area contributed by atoms with E-state index in [1.165, 1.54) is 0 Å². The van der Waals surface area contributed by atoms with Gasteiger partial charge in [-0.3, -0.25) is 4.79 Å². The first-order valence-electron chi connectivity index (χ1n) is 7.00. The van der Waals surface area contributed by atoms with Crippen LogP contribution in [0.5, 0.6) is 0 Å². The van der Waals surface area contributed by atoms with Crippen LogP contribution in [0, 0.1) is 0 Å². The van der Waals surface area contributed by atoms with E-state index in [-0.39, 0.29) is 17.8 Å². The number of nitrogens with zero attached hydrogens (tertiary/aromatic N) is 2. The molecule has 1 aromatic carbocycles. The van der Waals surface area contributed by atoms with E-state index >= 15 is 0 Å². The first-order valence-corrected chi connectivity index (χ1v) is 8.05. The number of nitrogens with two attached hydrogens (primary N) is 1. The number of hydrogen-bond donors (Lipinski definition) is 2. The zero-order chi connectivity index (χ0) is 15.4. The maximum Gasteiger partial charge on any atom is 0.238 e. The molecule has 0 aromatic heterocycles. The zero-order valence-corrected chi connectivity index (χ0v) is 13.1. The van der Waals surface area contributed by atoms with Crippen LogP contribution in [0.2, 0.25) is 0 Å². The van der Waals surface area contributed by atoms with Gasteiger partial charge in [0.1, 0.15) is 5.92 Å². The number of amides is 1. The van der Waals surface area contributed by atoms with Crippen molar-refractivity contribution >= 4 is 23.5 Å². The molecular weight excluding hydrogens is 286 g/mol. The molecule has 3 atom stereocenters. The highest BCUT2D eigenvalue weighted by molar-refractivity contribution is 8.00. The molecule has 1 amide bonds. The summed E-state index contributed by atoms with van der Waals surface area (Å²) in [5.41, 5.74) is 6.53. The summed E-state index contributed by atoms with van der Waals surface area (Å²) in [5, 5.41) is 12.5. The lowest BCUT2D eigenvalue weighted by atomic mass is 9.95. The number of hydrogen-bond acceptors (Lipinski definition) is 4. The Morgan fingerprint density at radius 1 is 1.43 bits per heavy atom. The molecule has 1 fully saturated rings. The Bertz CT molecular complexity index is 521. The van der Waals surface area contributed by atoms with Crippen molar-refractivity contribution in [2.24, 2.45) is 10.9 Å². The number of carbonyl (C=O) groups is 1. The molecule has 1 heterocycles. The van der Waals surface area contributed by atoms with Gasteiger partial charge in [0.25, 0.3) is 0 Å². The van der Waals surface area contributed by atoms with Crippen LogP contribution >= 0.6 is 11.8 Å². The first kappa shape index (κ1) is 15.7. The average molecular weight is 307 g/mol. The normalized spacial score (nSPS) is 24.7. The van der Waals surface area contributed by atoms with Crippen LogP contribution in [0.15, 0.2) is 35.5 Å². The lowest BCUT2D eigenvalue weighted by molar-refractivity contribution is -0.133. The van der Waals surface area contributed by atoms with Crippen LogP contribution in [0.1, 0.15) is 25.3 Å². The van der Waals surface area contributed by atoms with Crippen LogP contribution in [0.3, 0.4) is 0 Å². The lowest BCUT2D eigenvalue weighted by Crippen LogP contribution is -2.51.